The van der Waals surface area contributed by atoms with Gasteiger partial charge in [-0.2, -0.15) is 0 Å². The van der Waals surface area contributed by atoms with Gasteiger partial charge in [0.15, 0.2) is 0 Å². The molecule has 0 spiro atoms. The number of rotatable bonds is 11. The Hall–Kier alpha value is -2.24. The summed E-state index contributed by atoms with van der Waals surface area (Å²) in [5, 5.41) is 4.45. The molecule has 1 aliphatic rings. The van der Waals surface area contributed by atoms with E-state index in [-0.39, 0.29) is 17.9 Å². The molecule has 0 saturated heterocycles. The molecule has 2 aromatic carbocycles. The molecule has 0 heterocycles. The Bertz CT molecular complexity index is 897. The van der Waals surface area contributed by atoms with Gasteiger partial charge in [-0.25, -0.2) is 0 Å². The number of amides is 2. The van der Waals surface area contributed by atoms with Crippen LogP contribution in [0.5, 0.6) is 5.75 Å². The van der Waals surface area contributed by atoms with Crippen LogP contribution in [-0.4, -0.2) is 35.4 Å². The monoisotopic (exact) mass is 490 g/mol. The van der Waals surface area contributed by atoms with E-state index in [4.69, 9.17) is 27.9 Å². The first kappa shape index (κ1) is 25.4. The van der Waals surface area contributed by atoms with E-state index in [0.717, 1.165) is 31.2 Å². The lowest BCUT2D eigenvalue weighted by Crippen LogP contribution is -2.50. The molecule has 33 heavy (non-hydrogen) atoms. The van der Waals surface area contributed by atoms with Gasteiger partial charge in [0, 0.05) is 29.1 Å². The van der Waals surface area contributed by atoms with Crippen LogP contribution in [0, 0.1) is 0 Å². The van der Waals surface area contributed by atoms with Gasteiger partial charge in [-0.15, -0.1) is 0 Å². The minimum Gasteiger partial charge on any atom is -0.494 e. The third-order valence-electron chi connectivity index (χ3n) is 5.97. The molecule has 0 unspecified atom stereocenters. The normalized spacial score (nSPS) is 14.6. The molecule has 0 aromatic heterocycles. The van der Waals surface area contributed by atoms with Gasteiger partial charge in [0.2, 0.25) is 11.8 Å². The molecule has 2 aromatic rings. The average molecular weight is 491 g/mol. The zero-order valence-electron chi connectivity index (χ0n) is 19.1. The van der Waals surface area contributed by atoms with E-state index in [2.05, 4.69) is 5.32 Å². The Labute approximate surface area is 206 Å². The highest BCUT2D eigenvalue weighted by atomic mass is 35.5. The Morgan fingerprint density at radius 2 is 1.64 bits per heavy atom. The lowest BCUT2D eigenvalue weighted by molar-refractivity contribution is -0.141. The number of halogens is 2. The second-order valence-electron chi connectivity index (χ2n) is 8.47. The van der Waals surface area contributed by atoms with Crippen LogP contribution in [0.4, 0.5) is 0 Å². The first-order valence-corrected chi connectivity index (χ1v) is 12.4. The van der Waals surface area contributed by atoms with Crippen molar-refractivity contribution in [2.24, 2.45) is 0 Å². The van der Waals surface area contributed by atoms with Crippen molar-refractivity contribution in [2.75, 3.05) is 6.61 Å². The second kappa shape index (κ2) is 12.9. The van der Waals surface area contributed by atoms with E-state index in [1.807, 2.05) is 19.1 Å². The number of hydrogen-bond donors (Lipinski definition) is 1. The number of carbonyl (C=O) groups excluding carboxylic acids is 2. The van der Waals surface area contributed by atoms with Gasteiger partial charge in [-0.1, -0.05) is 55.1 Å². The summed E-state index contributed by atoms with van der Waals surface area (Å²) < 4.78 is 5.72. The number of benzene rings is 2. The molecule has 1 atom stereocenters. The van der Waals surface area contributed by atoms with E-state index < -0.39 is 6.04 Å². The van der Waals surface area contributed by atoms with Crippen molar-refractivity contribution in [3.63, 3.8) is 0 Å². The summed E-state index contributed by atoms with van der Waals surface area (Å²) in [7, 11) is 0. The summed E-state index contributed by atoms with van der Waals surface area (Å²) in [6.07, 6.45) is 5.71. The highest BCUT2D eigenvalue weighted by Crippen LogP contribution is 2.21. The summed E-state index contributed by atoms with van der Waals surface area (Å²) in [4.78, 5) is 28.1. The smallest absolute Gasteiger partial charge is 0.243 e. The third kappa shape index (κ3) is 7.94. The summed E-state index contributed by atoms with van der Waals surface area (Å²) in [6, 6.07) is 14.3. The summed E-state index contributed by atoms with van der Waals surface area (Å²) >= 11 is 11.9. The van der Waals surface area contributed by atoms with E-state index in [1.54, 1.807) is 41.3 Å². The molecular weight excluding hydrogens is 459 g/mol. The van der Waals surface area contributed by atoms with Gasteiger partial charge < -0.3 is 15.0 Å². The molecule has 3 rings (SSSR count). The van der Waals surface area contributed by atoms with Crippen molar-refractivity contribution in [3.8, 4) is 5.75 Å². The van der Waals surface area contributed by atoms with Crippen molar-refractivity contribution in [3.05, 3.63) is 64.1 Å². The van der Waals surface area contributed by atoms with E-state index in [9.17, 15) is 9.59 Å². The van der Waals surface area contributed by atoms with Gasteiger partial charge in [-0.3, -0.25) is 9.59 Å². The van der Waals surface area contributed by atoms with E-state index in [1.165, 1.54) is 0 Å². The van der Waals surface area contributed by atoms with Crippen LogP contribution in [0.25, 0.3) is 0 Å². The highest BCUT2D eigenvalue weighted by molar-refractivity contribution is 6.30. The van der Waals surface area contributed by atoms with Crippen molar-refractivity contribution >= 4 is 35.0 Å². The quantitative estimate of drug-likeness (QED) is 0.391. The number of hydrogen-bond acceptors (Lipinski definition) is 3. The maximum absolute atomic E-state index is 13.3. The molecule has 5 nitrogen and oxygen atoms in total. The van der Waals surface area contributed by atoms with Gasteiger partial charge in [0.25, 0.3) is 0 Å². The van der Waals surface area contributed by atoms with Crippen LogP contribution in [-0.2, 0) is 16.1 Å². The SMILES string of the molecule is CC[C@H](C(=O)NC1CCCC1)N(Cc1ccc(Cl)cc1)C(=O)CCCOc1ccc(Cl)cc1. The predicted octanol–water partition coefficient (Wildman–Crippen LogP) is 6.02. The summed E-state index contributed by atoms with van der Waals surface area (Å²) in [6.45, 7) is 2.72. The molecule has 1 N–H and O–H groups in total. The van der Waals surface area contributed by atoms with Crippen LogP contribution < -0.4 is 10.1 Å². The number of nitrogens with one attached hydrogen (secondary N) is 1. The van der Waals surface area contributed by atoms with Gasteiger partial charge in [-0.05, 0) is 67.6 Å². The minimum absolute atomic E-state index is 0.0573. The fourth-order valence-corrected chi connectivity index (χ4v) is 4.41. The van der Waals surface area contributed by atoms with Crippen LogP contribution in [0.1, 0.15) is 57.4 Å². The lowest BCUT2D eigenvalue weighted by Gasteiger charge is -2.31. The van der Waals surface area contributed by atoms with Crippen LogP contribution in [0.2, 0.25) is 10.0 Å². The van der Waals surface area contributed by atoms with Crippen molar-refractivity contribution < 1.29 is 14.3 Å². The van der Waals surface area contributed by atoms with Gasteiger partial charge in [0.1, 0.15) is 11.8 Å². The Kier molecular flexibility index (Phi) is 9.89. The number of nitrogens with zero attached hydrogens (tertiary/aromatic N) is 1. The lowest BCUT2D eigenvalue weighted by atomic mass is 10.1. The molecule has 1 aliphatic carbocycles. The van der Waals surface area contributed by atoms with Gasteiger partial charge in [0.05, 0.1) is 6.61 Å². The summed E-state index contributed by atoms with van der Waals surface area (Å²) in [5.41, 5.74) is 0.942. The van der Waals surface area contributed by atoms with Crippen LogP contribution in [0.3, 0.4) is 0 Å². The van der Waals surface area contributed by atoms with Crippen molar-refractivity contribution in [1.29, 1.82) is 0 Å². The number of ether oxygens (including phenoxy) is 1. The topological polar surface area (TPSA) is 58.6 Å². The maximum Gasteiger partial charge on any atom is 0.243 e. The molecule has 1 fully saturated rings. The summed E-state index contributed by atoms with van der Waals surface area (Å²) in [5.74, 6) is 0.592. The van der Waals surface area contributed by atoms with Crippen LogP contribution >= 0.6 is 23.2 Å². The molecule has 0 radical (unpaired) electrons. The third-order valence-corrected chi connectivity index (χ3v) is 6.47. The Morgan fingerprint density at radius 1 is 1.03 bits per heavy atom. The number of carbonyl (C=O) groups is 2. The molecule has 0 bridgehead atoms. The van der Waals surface area contributed by atoms with Gasteiger partial charge >= 0.3 is 0 Å². The zero-order chi connectivity index (χ0) is 23.6. The average Bonchev–Trinajstić information content (AvgIpc) is 3.32. The zero-order valence-corrected chi connectivity index (χ0v) is 20.6. The standard InChI is InChI=1S/C26H32Cl2N2O3/c1-2-24(26(32)29-22-6-3-4-7-22)30(18-19-9-11-20(27)12-10-19)25(31)8-5-17-33-23-15-13-21(28)14-16-23/h9-16,22,24H,2-8,17-18H2,1H3,(H,29,32)/t24-/m1/s1. The fourth-order valence-electron chi connectivity index (χ4n) is 4.16. The largest absolute Gasteiger partial charge is 0.494 e. The maximum atomic E-state index is 13.3. The molecule has 1 saturated carbocycles. The Balaban J connectivity index is 1.63. The molecule has 178 valence electrons. The van der Waals surface area contributed by atoms with Crippen molar-refractivity contribution in [2.45, 2.75) is 70.5 Å². The first-order valence-electron chi connectivity index (χ1n) is 11.7. The van der Waals surface area contributed by atoms with Crippen LogP contribution in [0.15, 0.2) is 48.5 Å². The van der Waals surface area contributed by atoms with Crippen molar-refractivity contribution in [1.82, 2.24) is 10.2 Å². The minimum atomic E-state index is -0.508. The van der Waals surface area contributed by atoms with E-state index in [0.29, 0.717) is 48.2 Å². The van der Waals surface area contributed by atoms with E-state index >= 15 is 0 Å². The first-order chi connectivity index (χ1) is 16.0. The Morgan fingerprint density at radius 3 is 2.24 bits per heavy atom. The molecule has 2 amide bonds. The molecular formula is C26H32Cl2N2O3. The predicted molar refractivity (Wildman–Crippen MR) is 133 cm³/mol. The molecule has 0 aliphatic heterocycles. The molecule has 7 heteroatoms. The fraction of sp³-hybridized carbons (Fsp3) is 0.462. The second-order valence-corrected chi connectivity index (χ2v) is 9.34. The highest BCUT2D eigenvalue weighted by Gasteiger charge is 2.30.